The average Bonchev–Trinajstić information content (AvgIpc) is 3.37. The van der Waals surface area contributed by atoms with Gasteiger partial charge in [-0.15, -0.1) is 0 Å². The number of fused-ring (bicyclic) bond motifs is 1. The van der Waals surface area contributed by atoms with Crippen molar-refractivity contribution in [3.63, 3.8) is 0 Å². The summed E-state index contributed by atoms with van der Waals surface area (Å²) in [4.78, 5) is 62.0. The van der Waals surface area contributed by atoms with Crippen LogP contribution in [0.5, 0.6) is 0 Å². The van der Waals surface area contributed by atoms with E-state index in [-0.39, 0.29) is 27.8 Å². The van der Waals surface area contributed by atoms with Crippen molar-refractivity contribution >= 4 is 68.7 Å². The SMILES string of the molecule is Nc1nc(Cl)nc2c1ncn2[C@@H]1O[C@H](COP(=O)(O)OP(=O)(O)OP(O)(O)=S)[C@@H](O)[C@H]1OC(=O)c1ccccc1. The van der Waals surface area contributed by atoms with Gasteiger partial charge in [-0.25, -0.2) is 23.2 Å². The predicted molar refractivity (Wildman–Crippen MR) is 137 cm³/mol. The molecule has 0 aliphatic carbocycles. The minimum Gasteiger partial charge on any atom is -0.451 e. The number of carbonyl (C=O) groups excluding carboxylic acids is 1. The van der Waals surface area contributed by atoms with Gasteiger partial charge >= 0.3 is 28.3 Å². The van der Waals surface area contributed by atoms with E-state index in [2.05, 4.69) is 39.9 Å². The van der Waals surface area contributed by atoms with E-state index in [0.29, 0.717) is 0 Å². The number of nitrogen functional groups attached to an aromatic ring is 1. The molecule has 218 valence electrons. The van der Waals surface area contributed by atoms with Crippen molar-refractivity contribution in [2.45, 2.75) is 24.5 Å². The molecule has 1 aliphatic rings. The Kier molecular flexibility index (Phi) is 9.12. The molecular formula is C17H19ClN5O13P3S. The summed E-state index contributed by atoms with van der Waals surface area (Å²) in [6.07, 6.45) is -4.97. The maximum Gasteiger partial charge on any atom is 0.488 e. The average molecular weight is 662 g/mol. The van der Waals surface area contributed by atoms with Crippen molar-refractivity contribution in [3.05, 3.63) is 47.5 Å². The number of aromatic nitrogens is 4. The van der Waals surface area contributed by atoms with Gasteiger partial charge in [0.05, 0.1) is 18.5 Å². The fraction of sp³-hybridized carbons (Fsp3) is 0.294. The molecule has 3 aromatic rings. The second kappa shape index (κ2) is 11.8. The van der Waals surface area contributed by atoms with E-state index >= 15 is 0 Å². The number of imidazole rings is 1. The Morgan fingerprint density at radius 2 is 1.80 bits per heavy atom. The van der Waals surface area contributed by atoms with E-state index in [1.165, 1.54) is 23.0 Å². The zero-order valence-electron chi connectivity index (χ0n) is 19.5. The third kappa shape index (κ3) is 7.47. The largest absolute Gasteiger partial charge is 0.488 e. The summed E-state index contributed by atoms with van der Waals surface area (Å²) >= 11 is 9.93. The number of halogens is 1. The fourth-order valence-corrected chi connectivity index (χ4v) is 7.50. The van der Waals surface area contributed by atoms with Crippen LogP contribution in [-0.4, -0.2) is 75.1 Å². The lowest BCUT2D eigenvalue weighted by molar-refractivity contribution is -0.0558. The molecule has 6 atom stereocenters. The molecule has 0 amide bonds. The molecule has 40 heavy (non-hydrogen) atoms. The molecule has 7 N–H and O–H groups in total. The molecule has 1 aromatic carbocycles. The van der Waals surface area contributed by atoms with Gasteiger partial charge in [-0.1, -0.05) is 18.2 Å². The van der Waals surface area contributed by atoms with E-state index < -0.39 is 59.5 Å². The molecule has 18 nitrogen and oxygen atoms in total. The number of phosphoric ester groups is 1. The van der Waals surface area contributed by atoms with Crippen LogP contribution in [0.4, 0.5) is 5.82 Å². The van der Waals surface area contributed by atoms with Gasteiger partial charge in [0, 0.05) is 0 Å². The molecule has 3 heterocycles. The molecular weight excluding hydrogens is 643 g/mol. The van der Waals surface area contributed by atoms with E-state index in [1.807, 2.05) is 0 Å². The number of phosphoric acid groups is 2. The highest BCUT2D eigenvalue weighted by Crippen LogP contribution is 2.66. The lowest BCUT2D eigenvalue weighted by atomic mass is 10.1. The Hall–Kier alpha value is -1.92. The first-order valence-electron chi connectivity index (χ1n) is 10.6. The molecule has 0 bridgehead atoms. The van der Waals surface area contributed by atoms with E-state index in [4.69, 9.17) is 36.6 Å². The number of hydrogen-bond donors (Lipinski definition) is 6. The number of nitrogens with zero attached hydrogens (tertiary/aromatic N) is 4. The quantitative estimate of drug-likeness (QED) is 0.100. The number of rotatable bonds is 10. The van der Waals surface area contributed by atoms with Crippen LogP contribution in [0.2, 0.25) is 5.28 Å². The number of carbonyl (C=O) groups is 1. The van der Waals surface area contributed by atoms with Crippen LogP contribution in [-0.2, 0) is 43.6 Å². The highest BCUT2D eigenvalue weighted by molar-refractivity contribution is 8.08. The summed E-state index contributed by atoms with van der Waals surface area (Å²) in [6.45, 7) is -5.76. The van der Waals surface area contributed by atoms with Crippen LogP contribution < -0.4 is 5.73 Å². The van der Waals surface area contributed by atoms with E-state index in [0.717, 1.165) is 0 Å². The minimum absolute atomic E-state index is 0.0234. The lowest BCUT2D eigenvalue weighted by Crippen LogP contribution is -2.37. The number of hydrogen-bond acceptors (Lipinski definition) is 14. The number of benzene rings is 1. The van der Waals surface area contributed by atoms with Crippen LogP contribution in [0.25, 0.3) is 11.2 Å². The van der Waals surface area contributed by atoms with Gasteiger partial charge in [0.25, 0.3) is 0 Å². The molecule has 0 radical (unpaired) electrons. The van der Waals surface area contributed by atoms with Crippen LogP contribution in [0, 0.1) is 0 Å². The molecule has 1 saturated heterocycles. The van der Waals surface area contributed by atoms with Crippen molar-refractivity contribution in [1.29, 1.82) is 0 Å². The summed E-state index contributed by atoms with van der Waals surface area (Å²) in [7, 11) is -11.0. The first kappa shape index (κ1) is 31.0. The first-order valence-corrected chi connectivity index (χ1v) is 16.6. The first-order chi connectivity index (χ1) is 18.6. The van der Waals surface area contributed by atoms with Gasteiger partial charge < -0.3 is 39.9 Å². The number of nitrogens with two attached hydrogens (primary N) is 1. The molecule has 1 fully saturated rings. The Morgan fingerprint density at radius 1 is 1.12 bits per heavy atom. The summed E-state index contributed by atoms with van der Waals surface area (Å²) in [5.74, 6) is -0.954. The lowest BCUT2D eigenvalue weighted by Gasteiger charge is -2.22. The van der Waals surface area contributed by atoms with Gasteiger partial charge in [-0.3, -0.25) is 9.09 Å². The summed E-state index contributed by atoms with van der Waals surface area (Å²) in [5, 5.41) is 10.7. The van der Waals surface area contributed by atoms with Gasteiger partial charge in [0.1, 0.15) is 17.7 Å². The number of aliphatic hydroxyl groups excluding tert-OH is 1. The van der Waals surface area contributed by atoms with Crippen molar-refractivity contribution < 1.29 is 61.2 Å². The third-order valence-electron chi connectivity index (χ3n) is 5.08. The predicted octanol–water partition coefficient (Wildman–Crippen LogP) is 1.01. The van der Waals surface area contributed by atoms with Crippen LogP contribution >= 0.6 is 34.0 Å². The van der Waals surface area contributed by atoms with Gasteiger partial charge in [-0.2, -0.15) is 14.3 Å². The number of anilines is 1. The van der Waals surface area contributed by atoms with Crippen molar-refractivity contribution in [2.24, 2.45) is 0 Å². The topological polar surface area (TPSA) is 268 Å². The zero-order chi connectivity index (χ0) is 29.5. The Balaban J connectivity index is 1.59. The van der Waals surface area contributed by atoms with E-state index in [9.17, 15) is 28.8 Å². The van der Waals surface area contributed by atoms with Crippen molar-refractivity contribution in [1.82, 2.24) is 19.5 Å². The molecule has 1 aliphatic heterocycles. The Bertz CT molecular complexity index is 1560. The number of ether oxygens (including phenoxy) is 2. The summed E-state index contributed by atoms with van der Waals surface area (Å²) in [6, 6.07) is 7.72. The second-order valence-corrected chi connectivity index (χ2v) is 14.1. The Labute approximate surface area is 233 Å². The third-order valence-corrected chi connectivity index (χ3v) is 9.65. The number of aliphatic hydroxyl groups is 1. The smallest absolute Gasteiger partial charge is 0.451 e. The molecule has 2 aromatic heterocycles. The van der Waals surface area contributed by atoms with Crippen LogP contribution in [0.3, 0.4) is 0 Å². The molecule has 4 rings (SSSR count). The molecule has 2 unspecified atom stereocenters. The maximum atomic E-state index is 12.8. The highest BCUT2D eigenvalue weighted by atomic mass is 35.5. The molecule has 0 spiro atoms. The van der Waals surface area contributed by atoms with Gasteiger partial charge in [0.15, 0.2) is 23.8 Å². The standard InChI is InChI=1S/C17H19ClN5O13P3S/c18-17-21-13(19)10-14(22-17)23(7-20-10)15-12(34-16(25)8-4-2-1-3-5-8)11(24)9(33-15)6-32-37(26,27)35-38(28,29)36-39(30,31)40/h1-5,7,9,11-12,15,24H,6H2,(H,26,27)(H,28,29)(H2,19,21,22)(H2,30,31,40)/t9-,11-,12-,15-/m1/s1. The summed E-state index contributed by atoms with van der Waals surface area (Å²) in [5.41, 5.74) is 6.07. The summed E-state index contributed by atoms with van der Waals surface area (Å²) < 4.78 is 48.8. The van der Waals surface area contributed by atoms with Gasteiger partial charge in [-0.05, 0) is 35.5 Å². The van der Waals surface area contributed by atoms with E-state index in [1.54, 1.807) is 18.2 Å². The van der Waals surface area contributed by atoms with Gasteiger partial charge in [0.2, 0.25) is 5.28 Å². The maximum absolute atomic E-state index is 12.8. The zero-order valence-corrected chi connectivity index (χ0v) is 23.7. The van der Waals surface area contributed by atoms with Crippen LogP contribution in [0.15, 0.2) is 36.7 Å². The van der Waals surface area contributed by atoms with Crippen LogP contribution in [0.1, 0.15) is 16.6 Å². The monoisotopic (exact) mass is 661 g/mol. The fourth-order valence-electron chi connectivity index (χ4n) is 3.54. The Morgan fingerprint density at radius 3 is 2.45 bits per heavy atom. The van der Waals surface area contributed by atoms with Crippen molar-refractivity contribution in [3.8, 4) is 0 Å². The number of esters is 1. The normalized spacial score (nSPS) is 24.4. The highest BCUT2D eigenvalue weighted by Gasteiger charge is 2.49. The second-order valence-electron chi connectivity index (χ2n) is 7.88. The minimum atomic E-state index is -5.58. The van der Waals surface area contributed by atoms with Crippen molar-refractivity contribution in [2.75, 3.05) is 12.3 Å². The molecule has 23 heteroatoms. The molecule has 0 saturated carbocycles.